The summed E-state index contributed by atoms with van der Waals surface area (Å²) in [5.41, 5.74) is 0.906. The van der Waals surface area contributed by atoms with Crippen LogP contribution < -0.4 is 10.1 Å². The molecular formula is C18H25NO3. The molecule has 0 bridgehead atoms. The Bertz CT molecular complexity index is 505. The molecule has 1 aromatic rings. The molecule has 0 atom stereocenters. The summed E-state index contributed by atoms with van der Waals surface area (Å²) in [6.45, 7) is 2.80. The van der Waals surface area contributed by atoms with Gasteiger partial charge in [-0.2, -0.15) is 0 Å². The van der Waals surface area contributed by atoms with Crippen LogP contribution in [0.1, 0.15) is 38.2 Å². The molecule has 0 saturated heterocycles. The molecule has 0 aromatic heterocycles. The van der Waals surface area contributed by atoms with Crippen molar-refractivity contribution in [2.75, 3.05) is 13.2 Å². The number of hydrogen-bond donors (Lipinski definition) is 2. The number of nitrogens with one attached hydrogen (secondary N) is 1. The minimum Gasteiger partial charge on any atom is -0.493 e. The molecule has 0 spiro atoms. The summed E-state index contributed by atoms with van der Waals surface area (Å²) in [5.74, 6) is 1.12. The predicted octanol–water partition coefficient (Wildman–Crippen LogP) is 2.77. The largest absolute Gasteiger partial charge is 0.493 e. The Kier molecular flexibility index (Phi) is 6.46. The average Bonchev–Trinajstić information content (AvgIpc) is 2.55. The first-order chi connectivity index (χ1) is 10.7. The third-order valence-corrected chi connectivity index (χ3v) is 4.08. The van der Waals surface area contributed by atoms with E-state index in [9.17, 15) is 4.79 Å². The van der Waals surface area contributed by atoms with E-state index in [2.05, 4.69) is 5.32 Å². The van der Waals surface area contributed by atoms with Gasteiger partial charge in [-0.25, -0.2) is 0 Å². The first-order valence-corrected chi connectivity index (χ1v) is 8.04. The van der Waals surface area contributed by atoms with Gasteiger partial charge in [-0.1, -0.05) is 18.2 Å². The van der Waals surface area contributed by atoms with Crippen molar-refractivity contribution in [3.8, 4) is 5.75 Å². The van der Waals surface area contributed by atoms with Crippen LogP contribution in [0.2, 0.25) is 0 Å². The molecule has 0 radical (unpaired) electrons. The Morgan fingerprint density at radius 1 is 1.32 bits per heavy atom. The van der Waals surface area contributed by atoms with E-state index in [4.69, 9.17) is 9.84 Å². The van der Waals surface area contributed by atoms with E-state index in [1.807, 2.05) is 31.2 Å². The molecule has 1 aliphatic rings. The number of amides is 1. The van der Waals surface area contributed by atoms with Gasteiger partial charge >= 0.3 is 0 Å². The topological polar surface area (TPSA) is 58.6 Å². The van der Waals surface area contributed by atoms with Gasteiger partial charge in [-0.15, -0.1) is 0 Å². The third-order valence-electron chi connectivity index (χ3n) is 4.08. The highest BCUT2D eigenvalue weighted by atomic mass is 16.5. The standard InChI is InChI=1S/C18H25NO3/c1-2-22-17-6-4-3-5-15(17)9-12-18(21)19-16-10-7-14(13-20)8-11-16/h3-6,9,12,14,16,20H,2,7-8,10-11,13H2,1H3,(H,19,21)/b12-9+. The van der Waals surface area contributed by atoms with Crippen LogP contribution in [0.25, 0.3) is 6.08 Å². The van der Waals surface area contributed by atoms with Gasteiger partial charge in [0.2, 0.25) is 5.91 Å². The molecule has 2 rings (SSSR count). The van der Waals surface area contributed by atoms with Crippen molar-refractivity contribution < 1.29 is 14.6 Å². The van der Waals surface area contributed by atoms with Crippen LogP contribution in [-0.4, -0.2) is 30.3 Å². The minimum atomic E-state index is -0.0706. The molecule has 0 unspecified atom stereocenters. The summed E-state index contributed by atoms with van der Waals surface area (Å²) in [7, 11) is 0. The Morgan fingerprint density at radius 3 is 2.73 bits per heavy atom. The maximum Gasteiger partial charge on any atom is 0.244 e. The predicted molar refractivity (Wildman–Crippen MR) is 87.6 cm³/mol. The summed E-state index contributed by atoms with van der Waals surface area (Å²) in [6.07, 6.45) is 7.22. The van der Waals surface area contributed by atoms with Gasteiger partial charge in [0.25, 0.3) is 0 Å². The van der Waals surface area contributed by atoms with Crippen molar-refractivity contribution in [1.29, 1.82) is 0 Å². The Morgan fingerprint density at radius 2 is 2.05 bits per heavy atom. The molecule has 1 saturated carbocycles. The lowest BCUT2D eigenvalue weighted by Gasteiger charge is -2.27. The Balaban J connectivity index is 1.87. The lowest BCUT2D eigenvalue weighted by atomic mass is 9.86. The molecular weight excluding hydrogens is 278 g/mol. The highest BCUT2D eigenvalue weighted by Gasteiger charge is 2.21. The van der Waals surface area contributed by atoms with Crippen molar-refractivity contribution in [3.05, 3.63) is 35.9 Å². The number of benzene rings is 1. The molecule has 1 aliphatic carbocycles. The number of para-hydroxylation sites is 1. The summed E-state index contributed by atoms with van der Waals surface area (Å²) >= 11 is 0. The number of rotatable bonds is 6. The van der Waals surface area contributed by atoms with E-state index in [1.54, 1.807) is 12.2 Å². The number of ether oxygens (including phenoxy) is 1. The van der Waals surface area contributed by atoms with Crippen molar-refractivity contribution >= 4 is 12.0 Å². The van der Waals surface area contributed by atoms with E-state index in [1.165, 1.54) is 0 Å². The fourth-order valence-electron chi connectivity index (χ4n) is 2.81. The molecule has 120 valence electrons. The van der Waals surface area contributed by atoms with Gasteiger partial charge in [-0.3, -0.25) is 4.79 Å². The summed E-state index contributed by atoms with van der Waals surface area (Å²) in [5, 5.41) is 12.2. The van der Waals surface area contributed by atoms with Crippen molar-refractivity contribution in [2.45, 2.75) is 38.6 Å². The zero-order valence-electron chi connectivity index (χ0n) is 13.1. The average molecular weight is 303 g/mol. The van der Waals surface area contributed by atoms with Gasteiger partial charge in [0.1, 0.15) is 5.75 Å². The lowest BCUT2D eigenvalue weighted by molar-refractivity contribution is -0.117. The quantitative estimate of drug-likeness (QED) is 0.795. The minimum absolute atomic E-state index is 0.0706. The summed E-state index contributed by atoms with van der Waals surface area (Å²) in [6, 6.07) is 7.90. The van der Waals surface area contributed by atoms with E-state index < -0.39 is 0 Å². The molecule has 1 fully saturated rings. The molecule has 2 N–H and O–H groups in total. The number of aliphatic hydroxyl groups is 1. The Labute approximate surface area is 132 Å². The fourth-order valence-corrected chi connectivity index (χ4v) is 2.81. The van der Waals surface area contributed by atoms with E-state index >= 15 is 0 Å². The fraction of sp³-hybridized carbons (Fsp3) is 0.500. The second kappa shape index (κ2) is 8.59. The lowest BCUT2D eigenvalue weighted by Crippen LogP contribution is -2.37. The van der Waals surface area contributed by atoms with Crippen LogP contribution in [-0.2, 0) is 4.79 Å². The van der Waals surface area contributed by atoms with Crippen LogP contribution in [0.5, 0.6) is 5.75 Å². The maximum atomic E-state index is 12.0. The maximum absolute atomic E-state index is 12.0. The zero-order valence-corrected chi connectivity index (χ0v) is 13.1. The molecule has 22 heavy (non-hydrogen) atoms. The van der Waals surface area contributed by atoms with Crippen molar-refractivity contribution in [1.82, 2.24) is 5.32 Å². The van der Waals surface area contributed by atoms with Gasteiger partial charge in [0.15, 0.2) is 0 Å². The Hall–Kier alpha value is -1.81. The monoisotopic (exact) mass is 303 g/mol. The normalized spacial score (nSPS) is 21.7. The van der Waals surface area contributed by atoms with Crippen LogP contribution in [0.4, 0.5) is 0 Å². The summed E-state index contributed by atoms with van der Waals surface area (Å²) in [4.78, 5) is 12.0. The van der Waals surface area contributed by atoms with Crippen molar-refractivity contribution in [2.24, 2.45) is 5.92 Å². The van der Waals surface area contributed by atoms with E-state index in [0.717, 1.165) is 37.0 Å². The van der Waals surface area contributed by atoms with Gasteiger partial charge in [0.05, 0.1) is 6.61 Å². The summed E-state index contributed by atoms with van der Waals surface area (Å²) < 4.78 is 5.54. The first kappa shape index (κ1) is 16.6. The third kappa shape index (κ3) is 4.88. The number of carbonyl (C=O) groups excluding carboxylic acids is 1. The molecule has 0 heterocycles. The smallest absolute Gasteiger partial charge is 0.244 e. The van der Waals surface area contributed by atoms with Crippen molar-refractivity contribution in [3.63, 3.8) is 0 Å². The van der Waals surface area contributed by atoms with Gasteiger partial charge in [-0.05, 0) is 50.7 Å². The second-order valence-corrected chi connectivity index (χ2v) is 5.71. The van der Waals surface area contributed by atoms with Gasteiger partial charge in [0, 0.05) is 24.3 Å². The van der Waals surface area contributed by atoms with E-state index in [-0.39, 0.29) is 18.6 Å². The number of aliphatic hydroxyl groups excluding tert-OH is 1. The number of hydrogen-bond acceptors (Lipinski definition) is 3. The SMILES string of the molecule is CCOc1ccccc1/C=C/C(=O)NC1CCC(CO)CC1. The molecule has 1 aromatic carbocycles. The second-order valence-electron chi connectivity index (χ2n) is 5.71. The van der Waals surface area contributed by atoms with Crippen LogP contribution >= 0.6 is 0 Å². The molecule has 4 nitrogen and oxygen atoms in total. The molecule has 4 heteroatoms. The van der Waals surface area contributed by atoms with Crippen LogP contribution in [0, 0.1) is 5.92 Å². The molecule has 1 amide bonds. The zero-order chi connectivity index (χ0) is 15.8. The van der Waals surface area contributed by atoms with E-state index in [0.29, 0.717) is 12.5 Å². The highest BCUT2D eigenvalue weighted by molar-refractivity contribution is 5.92. The van der Waals surface area contributed by atoms with Crippen LogP contribution in [0.3, 0.4) is 0 Å². The van der Waals surface area contributed by atoms with Gasteiger partial charge < -0.3 is 15.2 Å². The van der Waals surface area contributed by atoms with Crippen LogP contribution in [0.15, 0.2) is 30.3 Å². The first-order valence-electron chi connectivity index (χ1n) is 8.04. The molecule has 0 aliphatic heterocycles. The highest BCUT2D eigenvalue weighted by Crippen LogP contribution is 2.24. The number of carbonyl (C=O) groups is 1.